The number of aromatic nitrogens is 2. The van der Waals surface area contributed by atoms with Crippen molar-refractivity contribution < 1.29 is 69.3 Å². The highest BCUT2D eigenvalue weighted by Gasteiger charge is 2.43. The van der Waals surface area contributed by atoms with Crippen LogP contribution in [0.4, 0.5) is 26.3 Å². The van der Waals surface area contributed by atoms with Crippen LogP contribution in [0.25, 0.3) is 22.9 Å². The largest absolute Gasteiger partial charge is 0.481 e. The lowest BCUT2D eigenvalue weighted by Crippen LogP contribution is -2.28. The molecule has 0 atom stereocenters. The van der Waals surface area contributed by atoms with Gasteiger partial charge in [-0.05, 0) is 24.3 Å². The molecular formula is C29H26F6N4O9. The summed E-state index contributed by atoms with van der Waals surface area (Å²) in [7, 11) is 1.35. The molecule has 0 fully saturated rings. The van der Waals surface area contributed by atoms with Crippen molar-refractivity contribution in [2.75, 3.05) is 20.2 Å². The second-order valence-electron chi connectivity index (χ2n) is 8.94. The molecule has 0 aliphatic carbocycles. The summed E-state index contributed by atoms with van der Waals surface area (Å²) in [6.45, 7) is 0.0473. The molecule has 4 rings (SSSR count). The monoisotopic (exact) mass is 688 g/mol. The maximum absolute atomic E-state index is 13.0. The molecule has 2 heterocycles. The molecule has 2 aromatic carbocycles. The second-order valence-corrected chi connectivity index (χ2v) is 8.94. The first-order chi connectivity index (χ1) is 22.5. The van der Waals surface area contributed by atoms with Gasteiger partial charge in [-0.2, -0.15) is 26.3 Å². The number of carbonyl (C=O) groups is 4. The summed E-state index contributed by atoms with van der Waals surface area (Å²) in [5.74, 6) is -8.22. The first-order valence-corrected chi connectivity index (χ1v) is 13.3. The number of hydrogen-bond donors (Lipinski definition) is 4. The molecule has 0 bridgehead atoms. The summed E-state index contributed by atoms with van der Waals surface area (Å²) >= 11 is 0. The van der Waals surface area contributed by atoms with Crippen LogP contribution in [-0.4, -0.2) is 64.2 Å². The summed E-state index contributed by atoms with van der Waals surface area (Å²) in [5, 5.41) is 19.2. The van der Waals surface area contributed by atoms with Gasteiger partial charge in [0.25, 0.3) is 5.91 Å². The number of rotatable bonds is 9. The first-order valence-electron chi connectivity index (χ1n) is 13.3. The third-order valence-corrected chi connectivity index (χ3v) is 5.43. The number of ether oxygens (including phenoxy) is 1. The van der Waals surface area contributed by atoms with Crippen LogP contribution in [0.2, 0.25) is 0 Å². The normalized spacial score (nSPS) is 10.9. The Hall–Kier alpha value is -5.72. The SMILES string of the molecule is COC(=O)CCN.O=C(O)CCNC(=O)c1nc(-c2ccccc2)oc1C(F)(F)F.O=C(O)c1nc(-c2ccccc2)oc1C(F)(F)F. The standard InChI is InChI=1S/C14H11F3N2O4.C11H6F3NO3.C4H9NO2/c15-14(16,17)11-10(12(22)18-7-6-9(20)21)19-13(23-11)8-4-2-1-3-5-8;12-11(13,14)8-7(10(16)17)15-9(18-8)6-4-2-1-3-5-6;1-7-4(6)2-3-5/h1-5H,6-7H2,(H,18,22)(H,20,21);1-5H,(H,16,17);2-3,5H2,1H3. The fourth-order valence-electron chi connectivity index (χ4n) is 3.32. The number of nitrogens with zero attached hydrogens (tertiary/aromatic N) is 2. The van der Waals surface area contributed by atoms with E-state index in [9.17, 15) is 45.5 Å². The van der Waals surface area contributed by atoms with Gasteiger partial charge in [0.15, 0.2) is 11.4 Å². The molecule has 13 nitrogen and oxygen atoms in total. The molecule has 0 aliphatic rings. The van der Waals surface area contributed by atoms with Gasteiger partial charge in [-0.3, -0.25) is 14.4 Å². The lowest BCUT2D eigenvalue weighted by Gasteiger charge is -2.05. The third kappa shape index (κ3) is 11.6. The van der Waals surface area contributed by atoms with Crippen LogP contribution in [-0.2, 0) is 26.7 Å². The predicted octanol–water partition coefficient (Wildman–Crippen LogP) is 5.13. The number of amides is 1. The van der Waals surface area contributed by atoms with Crippen LogP contribution in [0, 0.1) is 0 Å². The number of methoxy groups -OCH3 is 1. The minimum Gasteiger partial charge on any atom is -0.481 e. The molecule has 5 N–H and O–H groups in total. The number of nitrogens with two attached hydrogens (primary N) is 1. The molecule has 48 heavy (non-hydrogen) atoms. The van der Waals surface area contributed by atoms with Crippen molar-refractivity contribution in [3.8, 4) is 22.9 Å². The number of hydrogen-bond acceptors (Lipinski definition) is 10. The summed E-state index contributed by atoms with van der Waals surface area (Å²) in [5.41, 5.74) is 3.49. The van der Waals surface area contributed by atoms with E-state index in [4.69, 9.17) is 20.4 Å². The molecule has 0 unspecified atom stereocenters. The number of alkyl halides is 6. The number of benzene rings is 2. The van der Waals surface area contributed by atoms with Crippen molar-refractivity contribution in [3.63, 3.8) is 0 Å². The molecule has 258 valence electrons. The number of carboxylic acid groups (broad SMARTS) is 2. The molecule has 0 spiro atoms. The Balaban J connectivity index is 0.000000284. The van der Waals surface area contributed by atoms with E-state index in [1.165, 1.54) is 31.4 Å². The van der Waals surface area contributed by atoms with Crippen LogP contribution in [0.15, 0.2) is 69.5 Å². The number of aromatic carboxylic acids is 1. The molecule has 2 aromatic heterocycles. The number of nitrogens with one attached hydrogen (secondary N) is 1. The second kappa shape index (κ2) is 17.3. The number of oxazole rings is 2. The van der Waals surface area contributed by atoms with Gasteiger partial charge in [0.2, 0.25) is 23.3 Å². The molecular weight excluding hydrogens is 662 g/mol. The summed E-state index contributed by atoms with van der Waals surface area (Å²) in [6, 6.07) is 15.6. The zero-order chi connectivity index (χ0) is 36.1. The smallest absolute Gasteiger partial charge is 0.452 e. The minimum atomic E-state index is -4.90. The zero-order valence-electron chi connectivity index (χ0n) is 24.6. The van der Waals surface area contributed by atoms with Crippen molar-refractivity contribution >= 4 is 23.8 Å². The van der Waals surface area contributed by atoms with Gasteiger partial charge in [-0.25, -0.2) is 14.8 Å². The van der Waals surface area contributed by atoms with Crippen molar-refractivity contribution in [1.29, 1.82) is 0 Å². The highest BCUT2D eigenvalue weighted by molar-refractivity contribution is 5.94. The number of aliphatic carboxylic acids is 1. The molecule has 0 radical (unpaired) electrons. The summed E-state index contributed by atoms with van der Waals surface area (Å²) in [4.78, 5) is 49.9. The van der Waals surface area contributed by atoms with Gasteiger partial charge < -0.3 is 34.8 Å². The summed E-state index contributed by atoms with van der Waals surface area (Å²) in [6.07, 6.45) is -9.90. The van der Waals surface area contributed by atoms with Crippen LogP contribution in [0.3, 0.4) is 0 Å². The molecule has 1 amide bonds. The minimum absolute atomic E-state index is 0.248. The van der Waals surface area contributed by atoms with E-state index in [1.807, 2.05) is 0 Å². The Morgan fingerprint density at radius 3 is 1.54 bits per heavy atom. The van der Waals surface area contributed by atoms with Gasteiger partial charge >= 0.3 is 30.3 Å². The average Bonchev–Trinajstić information content (AvgIpc) is 3.69. The van der Waals surface area contributed by atoms with Crippen molar-refractivity contribution in [2.24, 2.45) is 5.73 Å². The fraction of sp³-hybridized carbons (Fsp3) is 0.241. The highest BCUT2D eigenvalue weighted by Crippen LogP contribution is 2.36. The van der Waals surface area contributed by atoms with Crippen LogP contribution < -0.4 is 11.1 Å². The molecule has 0 aliphatic heterocycles. The van der Waals surface area contributed by atoms with Gasteiger partial charge in [0.1, 0.15) is 0 Å². The van der Waals surface area contributed by atoms with E-state index in [0.717, 1.165) is 0 Å². The van der Waals surface area contributed by atoms with Crippen molar-refractivity contribution in [1.82, 2.24) is 15.3 Å². The number of halogens is 6. The lowest BCUT2D eigenvalue weighted by molar-refractivity contribution is -0.153. The number of carboxylic acids is 2. The molecule has 0 saturated carbocycles. The average molecular weight is 689 g/mol. The van der Waals surface area contributed by atoms with Gasteiger partial charge in [-0.15, -0.1) is 0 Å². The van der Waals surface area contributed by atoms with Crippen LogP contribution >= 0.6 is 0 Å². The Labute approximate surface area is 266 Å². The van der Waals surface area contributed by atoms with E-state index in [1.54, 1.807) is 36.4 Å². The Morgan fingerprint density at radius 2 is 1.21 bits per heavy atom. The van der Waals surface area contributed by atoms with Crippen LogP contribution in [0.1, 0.15) is 45.3 Å². The van der Waals surface area contributed by atoms with Crippen molar-refractivity contribution in [2.45, 2.75) is 25.2 Å². The van der Waals surface area contributed by atoms with Gasteiger partial charge in [0.05, 0.1) is 20.0 Å². The Kier molecular flexibility index (Phi) is 13.8. The Bertz CT molecular complexity index is 1670. The fourth-order valence-corrected chi connectivity index (χ4v) is 3.32. The highest BCUT2D eigenvalue weighted by atomic mass is 19.4. The zero-order valence-corrected chi connectivity index (χ0v) is 24.6. The van der Waals surface area contributed by atoms with E-state index >= 15 is 0 Å². The molecule has 4 aromatic rings. The van der Waals surface area contributed by atoms with E-state index < -0.39 is 59.5 Å². The number of carbonyl (C=O) groups excluding carboxylic acids is 2. The van der Waals surface area contributed by atoms with Crippen molar-refractivity contribution in [3.05, 3.63) is 83.6 Å². The predicted molar refractivity (Wildman–Crippen MR) is 151 cm³/mol. The topological polar surface area (TPSA) is 208 Å². The van der Waals surface area contributed by atoms with E-state index in [2.05, 4.69) is 24.4 Å². The quantitative estimate of drug-likeness (QED) is 0.133. The lowest BCUT2D eigenvalue weighted by atomic mass is 10.2. The first kappa shape index (κ1) is 38.5. The van der Waals surface area contributed by atoms with E-state index in [0.29, 0.717) is 13.0 Å². The molecule has 19 heteroatoms. The maximum Gasteiger partial charge on any atom is 0.452 e. The number of esters is 1. The maximum atomic E-state index is 13.0. The van der Waals surface area contributed by atoms with Crippen LogP contribution in [0.5, 0.6) is 0 Å². The molecule has 0 saturated heterocycles. The Morgan fingerprint density at radius 1 is 0.771 bits per heavy atom. The van der Waals surface area contributed by atoms with Gasteiger partial charge in [0, 0.05) is 24.2 Å². The van der Waals surface area contributed by atoms with E-state index in [-0.39, 0.29) is 35.4 Å². The third-order valence-electron chi connectivity index (χ3n) is 5.43. The van der Waals surface area contributed by atoms with Gasteiger partial charge in [-0.1, -0.05) is 36.4 Å². The summed E-state index contributed by atoms with van der Waals surface area (Å²) < 4.78 is 90.0.